The van der Waals surface area contributed by atoms with Crippen LogP contribution in [0.15, 0.2) is 48.5 Å². The van der Waals surface area contributed by atoms with Gasteiger partial charge in [-0.2, -0.15) is 0 Å². The topological polar surface area (TPSA) is 86.5 Å². The van der Waals surface area contributed by atoms with Gasteiger partial charge in [0, 0.05) is 0 Å². The number of hydrogen-bond acceptors (Lipinski definition) is 4. The van der Waals surface area contributed by atoms with Crippen molar-refractivity contribution in [2.75, 3.05) is 6.61 Å². The summed E-state index contributed by atoms with van der Waals surface area (Å²) < 4.78 is 31.2. The van der Waals surface area contributed by atoms with Gasteiger partial charge in [0.1, 0.15) is 5.75 Å². The third-order valence-electron chi connectivity index (χ3n) is 4.40. The number of aryl methyl sites for hydroxylation is 1. The molecule has 1 aliphatic carbocycles. The molecule has 0 radical (unpaired) electrons. The summed E-state index contributed by atoms with van der Waals surface area (Å²) >= 11 is 0. The molecule has 2 aromatic carbocycles. The van der Waals surface area contributed by atoms with Crippen LogP contribution in [-0.2, 0) is 26.8 Å². The number of fused-ring (bicyclic) bond motifs is 1. The summed E-state index contributed by atoms with van der Waals surface area (Å²) in [4.78, 5) is 10.8. The molecule has 2 aromatic rings. The number of benzene rings is 2. The van der Waals surface area contributed by atoms with Crippen molar-refractivity contribution in [1.29, 1.82) is 0 Å². The van der Waals surface area contributed by atoms with E-state index in [0.717, 1.165) is 24.0 Å². The second kappa shape index (κ2) is 7.27. The average molecular weight is 359 g/mol. The van der Waals surface area contributed by atoms with E-state index in [2.05, 4.69) is 0 Å². The SMILES string of the molecule is NC(=O)COc1cccc(CS(=O)(=O)[C@@H]2CCCc3ccccc32)c1. The summed E-state index contributed by atoms with van der Waals surface area (Å²) in [5.74, 6) is -0.188. The fourth-order valence-electron chi connectivity index (χ4n) is 3.29. The second-order valence-corrected chi connectivity index (χ2v) is 8.47. The molecule has 132 valence electrons. The van der Waals surface area contributed by atoms with Gasteiger partial charge in [-0.1, -0.05) is 36.4 Å². The summed E-state index contributed by atoms with van der Waals surface area (Å²) in [5.41, 5.74) is 7.76. The number of carbonyl (C=O) groups excluding carboxylic acids is 1. The Balaban J connectivity index is 1.81. The van der Waals surface area contributed by atoms with Crippen LogP contribution < -0.4 is 10.5 Å². The molecule has 5 nitrogen and oxygen atoms in total. The fourth-order valence-corrected chi connectivity index (χ4v) is 5.28. The second-order valence-electron chi connectivity index (χ2n) is 6.29. The smallest absolute Gasteiger partial charge is 0.255 e. The van der Waals surface area contributed by atoms with E-state index in [0.29, 0.717) is 17.7 Å². The van der Waals surface area contributed by atoms with Gasteiger partial charge in [-0.25, -0.2) is 8.42 Å². The molecule has 2 N–H and O–H groups in total. The first-order chi connectivity index (χ1) is 12.0. The van der Waals surface area contributed by atoms with Crippen LogP contribution in [0.3, 0.4) is 0 Å². The van der Waals surface area contributed by atoms with Gasteiger partial charge in [-0.15, -0.1) is 0 Å². The predicted octanol–water partition coefficient (Wildman–Crippen LogP) is 2.54. The number of sulfone groups is 1. The van der Waals surface area contributed by atoms with E-state index in [9.17, 15) is 13.2 Å². The maximum absolute atomic E-state index is 13.0. The molecule has 0 saturated carbocycles. The highest BCUT2D eigenvalue weighted by molar-refractivity contribution is 7.90. The van der Waals surface area contributed by atoms with E-state index in [4.69, 9.17) is 10.5 Å². The lowest BCUT2D eigenvalue weighted by Gasteiger charge is -2.25. The Bertz CT molecular complexity index is 876. The van der Waals surface area contributed by atoms with Gasteiger partial charge in [0.25, 0.3) is 5.91 Å². The molecule has 1 atom stereocenters. The van der Waals surface area contributed by atoms with Gasteiger partial charge < -0.3 is 10.5 Å². The summed E-state index contributed by atoms with van der Waals surface area (Å²) in [6, 6.07) is 14.6. The van der Waals surface area contributed by atoms with Crippen LogP contribution in [-0.4, -0.2) is 20.9 Å². The Morgan fingerprint density at radius 2 is 1.96 bits per heavy atom. The first-order valence-corrected chi connectivity index (χ1v) is 9.97. The van der Waals surface area contributed by atoms with E-state index in [1.165, 1.54) is 0 Å². The van der Waals surface area contributed by atoms with Crippen molar-refractivity contribution >= 4 is 15.7 Å². The molecule has 0 aliphatic heterocycles. The van der Waals surface area contributed by atoms with E-state index in [-0.39, 0.29) is 12.4 Å². The van der Waals surface area contributed by atoms with E-state index >= 15 is 0 Å². The number of hydrogen-bond donors (Lipinski definition) is 1. The van der Waals surface area contributed by atoms with Gasteiger partial charge in [-0.05, 0) is 48.1 Å². The summed E-state index contributed by atoms with van der Waals surface area (Å²) in [5, 5.41) is -0.465. The maximum Gasteiger partial charge on any atom is 0.255 e. The van der Waals surface area contributed by atoms with Crippen molar-refractivity contribution in [3.05, 3.63) is 65.2 Å². The zero-order valence-corrected chi connectivity index (χ0v) is 14.7. The molecule has 0 unspecified atom stereocenters. The predicted molar refractivity (Wildman–Crippen MR) is 95.9 cm³/mol. The summed E-state index contributed by atoms with van der Waals surface area (Å²) in [7, 11) is -3.35. The molecule has 3 rings (SSSR count). The number of ether oxygens (including phenoxy) is 1. The largest absolute Gasteiger partial charge is 0.484 e. The normalized spacial score (nSPS) is 16.9. The lowest BCUT2D eigenvalue weighted by molar-refractivity contribution is -0.119. The molecular weight excluding hydrogens is 338 g/mol. The van der Waals surface area contributed by atoms with Crippen molar-refractivity contribution in [3.63, 3.8) is 0 Å². The van der Waals surface area contributed by atoms with Crippen molar-refractivity contribution < 1.29 is 17.9 Å². The minimum atomic E-state index is -3.35. The Morgan fingerprint density at radius 3 is 2.76 bits per heavy atom. The van der Waals surface area contributed by atoms with Crippen molar-refractivity contribution in [2.45, 2.75) is 30.3 Å². The van der Waals surface area contributed by atoms with Crippen LogP contribution in [0.5, 0.6) is 5.75 Å². The Kier molecular flexibility index (Phi) is 5.08. The molecular formula is C19H21NO4S. The zero-order valence-electron chi connectivity index (χ0n) is 13.9. The molecule has 0 bridgehead atoms. The number of nitrogens with two attached hydrogens (primary N) is 1. The Labute approximate surface area is 147 Å². The summed E-state index contributed by atoms with van der Waals surface area (Å²) in [6.45, 7) is -0.230. The highest BCUT2D eigenvalue weighted by Gasteiger charge is 2.31. The third-order valence-corrected chi connectivity index (χ3v) is 6.49. The minimum Gasteiger partial charge on any atom is -0.484 e. The van der Waals surface area contributed by atoms with E-state index in [1.54, 1.807) is 24.3 Å². The third kappa shape index (κ3) is 4.20. The Morgan fingerprint density at radius 1 is 1.16 bits per heavy atom. The van der Waals surface area contributed by atoms with Crippen molar-refractivity contribution in [3.8, 4) is 5.75 Å². The molecule has 25 heavy (non-hydrogen) atoms. The quantitative estimate of drug-likeness (QED) is 0.859. The van der Waals surface area contributed by atoms with Crippen LogP contribution in [0, 0.1) is 0 Å². The highest BCUT2D eigenvalue weighted by Crippen LogP contribution is 2.37. The number of carbonyl (C=O) groups is 1. The van der Waals surface area contributed by atoms with Crippen molar-refractivity contribution in [1.82, 2.24) is 0 Å². The monoisotopic (exact) mass is 359 g/mol. The van der Waals surface area contributed by atoms with Gasteiger partial charge >= 0.3 is 0 Å². The molecule has 6 heteroatoms. The molecule has 0 aromatic heterocycles. The van der Waals surface area contributed by atoms with Crippen LogP contribution in [0.4, 0.5) is 0 Å². The molecule has 1 aliphatic rings. The molecule has 0 heterocycles. The first kappa shape index (κ1) is 17.5. The maximum atomic E-state index is 13.0. The van der Waals surface area contributed by atoms with E-state index in [1.807, 2.05) is 24.3 Å². The minimum absolute atomic E-state index is 0.0558. The Hall–Kier alpha value is -2.34. The van der Waals surface area contributed by atoms with Crippen LogP contribution in [0.25, 0.3) is 0 Å². The summed E-state index contributed by atoms with van der Waals surface area (Å²) in [6.07, 6.45) is 2.46. The van der Waals surface area contributed by atoms with Crippen molar-refractivity contribution in [2.24, 2.45) is 5.73 Å². The molecule has 0 fully saturated rings. The van der Waals surface area contributed by atoms with Gasteiger partial charge in [0.05, 0.1) is 11.0 Å². The molecule has 0 spiro atoms. The van der Waals surface area contributed by atoms with Gasteiger partial charge in [-0.3, -0.25) is 4.79 Å². The zero-order chi connectivity index (χ0) is 17.9. The average Bonchev–Trinajstić information content (AvgIpc) is 2.59. The van der Waals surface area contributed by atoms with Crippen LogP contribution >= 0.6 is 0 Å². The lowest BCUT2D eigenvalue weighted by atomic mass is 9.91. The van der Waals surface area contributed by atoms with Crippen LogP contribution in [0.2, 0.25) is 0 Å². The highest BCUT2D eigenvalue weighted by atomic mass is 32.2. The van der Waals surface area contributed by atoms with Gasteiger partial charge in [0.15, 0.2) is 16.4 Å². The van der Waals surface area contributed by atoms with Crippen LogP contribution in [0.1, 0.15) is 34.8 Å². The molecule has 0 saturated heterocycles. The van der Waals surface area contributed by atoms with Gasteiger partial charge in [0.2, 0.25) is 0 Å². The number of primary amides is 1. The molecule has 1 amide bonds. The first-order valence-electron chi connectivity index (χ1n) is 8.25. The number of rotatable bonds is 6. The number of amides is 1. The standard InChI is InChI=1S/C19H21NO4S/c20-19(21)12-24-16-8-3-5-14(11-16)13-25(22,23)18-10-4-7-15-6-1-2-9-17(15)18/h1-3,5-6,8-9,11,18H,4,7,10,12-13H2,(H2,20,21)/t18-/m1/s1. The lowest BCUT2D eigenvalue weighted by Crippen LogP contribution is -2.21. The van der Waals surface area contributed by atoms with E-state index < -0.39 is 21.0 Å². The fraction of sp³-hybridized carbons (Fsp3) is 0.316.